The first-order valence-electron chi connectivity index (χ1n) is 4.93. The lowest BCUT2D eigenvalue weighted by Gasteiger charge is -2.09. The first kappa shape index (κ1) is 9.55. The van der Waals surface area contributed by atoms with Gasteiger partial charge in [-0.3, -0.25) is 0 Å². The highest BCUT2D eigenvalue weighted by Gasteiger charge is 2.42. The van der Waals surface area contributed by atoms with Crippen LogP contribution in [0.15, 0.2) is 24.3 Å². The number of benzene rings is 1. The summed E-state index contributed by atoms with van der Waals surface area (Å²) in [6.07, 6.45) is 1.96. The summed E-state index contributed by atoms with van der Waals surface area (Å²) in [5, 5.41) is 20.8. The van der Waals surface area contributed by atoms with E-state index in [2.05, 4.69) is 17.5 Å². The number of nitrogens with zero attached hydrogens (tertiary/aromatic N) is 2. The van der Waals surface area contributed by atoms with Crippen molar-refractivity contribution in [2.24, 2.45) is 5.41 Å². The van der Waals surface area contributed by atoms with E-state index in [9.17, 15) is 0 Å². The van der Waals surface area contributed by atoms with Gasteiger partial charge in [-0.2, -0.15) is 10.5 Å². The maximum Gasteiger partial charge on any atom is 0.0992 e. The molecule has 1 N–H and O–H groups in total. The summed E-state index contributed by atoms with van der Waals surface area (Å²) in [4.78, 5) is 0. The van der Waals surface area contributed by atoms with Crippen molar-refractivity contribution in [3.8, 4) is 12.1 Å². The number of nitrogens with one attached hydrogen (secondary N) is 1. The molecule has 0 aliphatic heterocycles. The second-order valence-corrected chi connectivity index (χ2v) is 3.94. The molecule has 3 nitrogen and oxygen atoms in total. The molecule has 74 valence electrons. The normalized spacial score (nSPS) is 16.1. The van der Waals surface area contributed by atoms with E-state index in [1.807, 2.05) is 12.1 Å². The van der Waals surface area contributed by atoms with Gasteiger partial charge in [0.2, 0.25) is 0 Å². The van der Waals surface area contributed by atoms with E-state index in [4.69, 9.17) is 10.5 Å². The fourth-order valence-electron chi connectivity index (χ4n) is 1.45. The van der Waals surface area contributed by atoms with Crippen LogP contribution in [0.2, 0.25) is 0 Å². The molecule has 0 atom stereocenters. The van der Waals surface area contributed by atoms with Crippen molar-refractivity contribution in [3.63, 3.8) is 0 Å². The summed E-state index contributed by atoms with van der Waals surface area (Å²) in [5.74, 6) is 0. The molecular weight excluding hydrogens is 186 g/mol. The molecular formula is C12H11N3. The number of nitriles is 2. The number of hydrogen-bond donors (Lipinski definition) is 1. The van der Waals surface area contributed by atoms with E-state index in [1.165, 1.54) is 0 Å². The third kappa shape index (κ3) is 2.08. The van der Waals surface area contributed by atoms with Crippen molar-refractivity contribution in [1.82, 2.24) is 0 Å². The first-order valence-corrected chi connectivity index (χ1v) is 4.93. The van der Waals surface area contributed by atoms with Gasteiger partial charge in [0.25, 0.3) is 0 Å². The molecule has 0 bridgehead atoms. The average molecular weight is 197 g/mol. The van der Waals surface area contributed by atoms with E-state index >= 15 is 0 Å². The molecule has 1 aromatic carbocycles. The van der Waals surface area contributed by atoms with Crippen molar-refractivity contribution >= 4 is 5.69 Å². The van der Waals surface area contributed by atoms with Crippen LogP contribution in [0.5, 0.6) is 0 Å². The minimum absolute atomic E-state index is 0.150. The first-order chi connectivity index (χ1) is 7.28. The van der Waals surface area contributed by atoms with Crippen LogP contribution in [0.4, 0.5) is 5.69 Å². The Morgan fingerprint density at radius 1 is 1.33 bits per heavy atom. The molecule has 0 aromatic heterocycles. The molecule has 15 heavy (non-hydrogen) atoms. The quantitative estimate of drug-likeness (QED) is 0.808. The summed E-state index contributed by atoms with van der Waals surface area (Å²) in [5.41, 5.74) is 1.40. The Morgan fingerprint density at radius 2 is 2.13 bits per heavy atom. The highest BCUT2D eigenvalue weighted by Crippen LogP contribution is 2.44. The van der Waals surface area contributed by atoms with E-state index in [-0.39, 0.29) is 5.41 Å². The molecule has 1 aromatic rings. The molecule has 0 amide bonds. The maximum atomic E-state index is 8.89. The lowest BCUT2D eigenvalue weighted by atomic mass is 10.1. The van der Waals surface area contributed by atoms with Gasteiger partial charge in [-0.1, -0.05) is 6.07 Å². The monoisotopic (exact) mass is 197 g/mol. The van der Waals surface area contributed by atoms with Crippen molar-refractivity contribution in [1.29, 1.82) is 10.5 Å². The van der Waals surface area contributed by atoms with Gasteiger partial charge in [-0.05, 0) is 31.0 Å². The Kier molecular flexibility index (Phi) is 2.31. The van der Waals surface area contributed by atoms with Crippen LogP contribution >= 0.6 is 0 Å². The molecule has 0 unspecified atom stereocenters. The van der Waals surface area contributed by atoms with Gasteiger partial charge in [0.1, 0.15) is 0 Å². The highest BCUT2D eigenvalue weighted by molar-refractivity contribution is 5.49. The van der Waals surface area contributed by atoms with Crippen LogP contribution in [-0.4, -0.2) is 6.54 Å². The number of anilines is 1. The molecule has 0 radical (unpaired) electrons. The van der Waals surface area contributed by atoms with Crippen LogP contribution in [0.1, 0.15) is 18.4 Å². The lowest BCUT2D eigenvalue weighted by molar-refractivity contribution is 0.711. The third-order valence-electron chi connectivity index (χ3n) is 2.71. The summed E-state index contributed by atoms with van der Waals surface area (Å²) < 4.78 is 0. The largest absolute Gasteiger partial charge is 0.383 e. The van der Waals surface area contributed by atoms with Crippen molar-refractivity contribution in [2.45, 2.75) is 12.8 Å². The summed E-state index contributed by atoms with van der Waals surface area (Å²) in [6.45, 7) is 0.679. The minimum atomic E-state index is -0.150. The van der Waals surface area contributed by atoms with Crippen molar-refractivity contribution < 1.29 is 0 Å². The topological polar surface area (TPSA) is 59.6 Å². The van der Waals surface area contributed by atoms with Crippen LogP contribution in [0.3, 0.4) is 0 Å². The van der Waals surface area contributed by atoms with Gasteiger partial charge in [-0.25, -0.2) is 0 Å². The maximum absolute atomic E-state index is 8.89. The molecule has 1 aliphatic rings. The minimum Gasteiger partial charge on any atom is -0.383 e. The molecule has 1 aliphatic carbocycles. The zero-order chi connectivity index (χ0) is 10.7. The van der Waals surface area contributed by atoms with E-state index < -0.39 is 0 Å². The van der Waals surface area contributed by atoms with E-state index in [0.717, 1.165) is 18.5 Å². The third-order valence-corrected chi connectivity index (χ3v) is 2.71. The Labute approximate surface area is 89.0 Å². The van der Waals surface area contributed by atoms with Gasteiger partial charge < -0.3 is 5.32 Å². The van der Waals surface area contributed by atoms with Crippen LogP contribution in [0, 0.1) is 28.1 Å². The predicted molar refractivity (Wildman–Crippen MR) is 56.9 cm³/mol. The van der Waals surface area contributed by atoms with Gasteiger partial charge >= 0.3 is 0 Å². The fourth-order valence-corrected chi connectivity index (χ4v) is 1.45. The van der Waals surface area contributed by atoms with Crippen molar-refractivity contribution in [3.05, 3.63) is 29.8 Å². The van der Waals surface area contributed by atoms with Gasteiger partial charge in [0.15, 0.2) is 0 Å². The Balaban J connectivity index is 2.00. The zero-order valence-corrected chi connectivity index (χ0v) is 8.33. The second-order valence-electron chi connectivity index (χ2n) is 3.94. The molecule has 0 saturated heterocycles. The van der Waals surface area contributed by atoms with E-state index in [1.54, 1.807) is 12.1 Å². The fraction of sp³-hybridized carbons (Fsp3) is 0.333. The SMILES string of the molecule is N#Cc1cccc(NCC2(C#N)CC2)c1. The number of rotatable bonds is 3. The molecule has 0 spiro atoms. The van der Waals surface area contributed by atoms with E-state index in [0.29, 0.717) is 12.1 Å². The Bertz CT molecular complexity index is 447. The average Bonchev–Trinajstić information content (AvgIpc) is 3.07. The standard InChI is InChI=1S/C12H11N3/c13-7-10-2-1-3-11(6-10)15-9-12(8-14)4-5-12/h1-3,6,15H,4-5,9H2. The van der Waals surface area contributed by atoms with Gasteiger partial charge in [0.05, 0.1) is 23.1 Å². The summed E-state index contributed by atoms with van der Waals surface area (Å²) in [7, 11) is 0. The van der Waals surface area contributed by atoms with Crippen LogP contribution in [0.25, 0.3) is 0 Å². The predicted octanol–water partition coefficient (Wildman–Crippen LogP) is 2.27. The van der Waals surface area contributed by atoms with Crippen LogP contribution in [-0.2, 0) is 0 Å². The Morgan fingerprint density at radius 3 is 2.73 bits per heavy atom. The summed E-state index contributed by atoms with van der Waals surface area (Å²) in [6, 6.07) is 11.7. The highest BCUT2D eigenvalue weighted by atomic mass is 14.9. The zero-order valence-electron chi connectivity index (χ0n) is 8.33. The van der Waals surface area contributed by atoms with Gasteiger partial charge in [-0.15, -0.1) is 0 Å². The smallest absolute Gasteiger partial charge is 0.0992 e. The van der Waals surface area contributed by atoms with Crippen LogP contribution < -0.4 is 5.32 Å². The van der Waals surface area contributed by atoms with Gasteiger partial charge in [0, 0.05) is 12.2 Å². The number of hydrogen-bond acceptors (Lipinski definition) is 3. The Hall–Kier alpha value is -2.00. The second kappa shape index (κ2) is 3.63. The van der Waals surface area contributed by atoms with Crippen molar-refractivity contribution in [2.75, 3.05) is 11.9 Å². The molecule has 2 rings (SSSR count). The summed E-state index contributed by atoms with van der Waals surface area (Å²) >= 11 is 0. The lowest BCUT2D eigenvalue weighted by Crippen LogP contribution is -2.13. The molecule has 0 heterocycles. The molecule has 1 fully saturated rings. The molecule has 3 heteroatoms. The molecule has 1 saturated carbocycles.